The van der Waals surface area contributed by atoms with E-state index in [9.17, 15) is 0 Å². The quantitative estimate of drug-likeness (QED) is 0.711. The Hall–Kier alpha value is -2.12. The Morgan fingerprint density at radius 3 is 2.57 bits per heavy atom. The molecular weight excluding hydrogens is 278 g/mol. The highest BCUT2D eigenvalue weighted by Crippen LogP contribution is 2.29. The zero-order valence-corrected chi connectivity index (χ0v) is 13.9. The molecule has 0 saturated carbocycles. The standard InChI is InChI=1S/C22H23N/c1-15-11-20-9-10-23-22(21(20)12-16(15)2)14-17-7-8-18-5-3-4-6-19(18)13-17/h3-8,11-13,22-23H,9-10,14H2,1-2H3. The molecule has 3 aromatic rings. The molecule has 0 spiro atoms. The lowest BCUT2D eigenvalue weighted by atomic mass is 9.87. The van der Waals surface area contributed by atoms with Crippen LogP contribution in [0, 0.1) is 13.8 Å². The van der Waals surface area contributed by atoms with E-state index in [1.165, 1.54) is 38.6 Å². The van der Waals surface area contributed by atoms with Crippen molar-refractivity contribution < 1.29 is 0 Å². The molecule has 0 aromatic heterocycles. The van der Waals surface area contributed by atoms with Gasteiger partial charge in [0.2, 0.25) is 0 Å². The summed E-state index contributed by atoms with van der Waals surface area (Å²) in [7, 11) is 0. The largest absolute Gasteiger partial charge is 0.309 e. The van der Waals surface area contributed by atoms with E-state index in [4.69, 9.17) is 0 Å². The summed E-state index contributed by atoms with van der Waals surface area (Å²) >= 11 is 0. The van der Waals surface area contributed by atoms with E-state index < -0.39 is 0 Å². The third-order valence-electron chi connectivity index (χ3n) is 5.17. The third kappa shape index (κ3) is 2.77. The van der Waals surface area contributed by atoms with Gasteiger partial charge >= 0.3 is 0 Å². The molecule has 0 fully saturated rings. The molecule has 0 bridgehead atoms. The Labute approximate surface area is 138 Å². The molecule has 1 atom stereocenters. The predicted octanol–water partition coefficient (Wildman–Crippen LogP) is 4.89. The molecule has 1 heteroatoms. The van der Waals surface area contributed by atoms with E-state index in [-0.39, 0.29) is 0 Å². The fraction of sp³-hybridized carbons (Fsp3) is 0.273. The smallest absolute Gasteiger partial charge is 0.0363 e. The summed E-state index contributed by atoms with van der Waals surface area (Å²) in [5.74, 6) is 0. The van der Waals surface area contributed by atoms with Crippen LogP contribution in [0.25, 0.3) is 10.8 Å². The molecule has 1 heterocycles. The van der Waals surface area contributed by atoms with Crippen LogP contribution in [-0.4, -0.2) is 6.54 Å². The van der Waals surface area contributed by atoms with Crippen molar-refractivity contribution in [3.63, 3.8) is 0 Å². The molecule has 1 N–H and O–H groups in total. The van der Waals surface area contributed by atoms with E-state index in [0.717, 1.165) is 19.4 Å². The van der Waals surface area contributed by atoms with Crippen molar-refractivity contribution in [1.82, 2.24) is 5.32 Å². The van der Waals surface area contributed by atoms with Crippen LogP contribution in [0.5, 0.6) is 0 Å². The molecule has 0 saturated heterocycles. The average Bonchev–Trinajstić information content (AvgIpc) is 2.56. The van der Waals surface area contributed by atoms with Gasteiger partial charge in [-0.05, 0) is 71.8 Å². The van der Waals surface area contributed by atoms with Crippen LogP contribution in [-0.2, 0) is 12.8 Å². The second kappa shape index (κ2) is 5.82. The van der Waals surface area contributed by atoms with E-state index in [1.54, 1.807) is 0 Å². The summed E-state index contributed by atoms with van der Waals surface area (Å²) in [6, 6.07) is 20.7. The van der Waals surface area contributed by atoms with Gasteiger partial charge in [0.05, 0.1) is 0 Å². The molecule has 0 aliphatic carbocycles. The second-order valence-electron chi connectivity index (χ2n) is 6.78. The number of rotatable bonds is 2. The second-order valence-corrected chi connectivity index (χ2v) is 6.78. The Morgan fingerprint density at radius 1 is 0.913 bits per heavy atom. The maximum Gasteiger partial charge on any atom is 0.0363 e. The minimum atomic E-state index is 0.430. The average molecular weight is 301 g/mol. The molecule has 4 rings (SSSR count). The summed E-state index contributed by atoms with van der Waals surface area (Å²) in [5.41, 5.74) is 7.24. The van der Waals surface area contributed by atoms with Gasteiger partial charge in [-0.3, -0.25) is 0 Å². The summed E-state index contributed by atoms with van der Waals surface area (Å²) in [6.07, 6.45) is 2.20. The highest BCUT2D eigenvalue weighted by Gasteiger charge is 2.20. The SMILES string of the molecule is Cc1cc2c(cc1C)C(Cc1ccc3ccccc3c1)NCC2. The third-order valence-corrected chi connectivity index (χ3v) is 5.17. The van der Waals surface area contributed by atoms with Gasteiger partial charge in [0, 0.05) is 6.04 Å². The van der Waals surface area contributed by atoms with E-state index >= 15 is 0 Å². The molecule has 23 heavy (non-hydrogen) atoms. The van der Waals surface area contributed by atoms with Crippen LogP contribution >= 0.6 is 0 Å². The van der Waals surface area contributed by atoms with Gasteiger partial charge in [-0.15, -0.1) is 0 Å². The van der Waals surface area contributed by atoms with Crippen LogP contribution in [0.3, 0.4) is 0 Å². The molecule has 1 unspecified atom stereocenters. The minimum Gasteiger partial charge on any atom is -0.309 e. The van der Waals surface area contributed by atoms with Crippen molar-refractivity contribution >= 4 is 10.8 Å². The molecule has 0 amide bonds. The predicted molar refractivity (Wildman–Crippen MR) is 98.0 cm³/mol. The van der Waals surface area contributed by atoms with Gasteiger partial charge in [-0.1, -0.05) is 54.6 Å². The van der Waals surface area contributed by atoms with E-state index in [1.807, 2.05) is 0 Å². The number of benzene rings is 3. The first-order valence-corrected chi connectivity index (χ1v) is 8.52. The van der Waals surface area contributed by atoms with Crippen molar-refractivity contribution in [2.45, 2.75) is 32.7 Å². The number of nitrogens with one attached hydrogen (secondary N) is 1. The van der Waals surface area contributed by atoms with Crippen LogP contribution < -0.4 is 5.32 Å². The van der Waals surface area contributed by atoms with Crippen LogP contribution in [0.15, 0.2) is 54.6 Å². The summed E-state index contributed by atoms with van der Waals surface area (Å²) in [6.45, 7) is 5.51. The van der Waals surface area contributed by atoms with Crippen molar-refractivity contribution in [2.24, 2.45) is 0 Å². The number of hydrogen-bond acceptors (Lipinski definition) is 1. The van der Waals surface area contributed by atoms with Crippen LogP contribution in [0.2, 0.25) is 0 Å². The van der Waals surface area contributed by atoms with E-state index in [2.05, 4.69) is 73.8 Å². The summed E-state index contributed by atoms with van der Waals surface area (Å²) in [4.78, 5) is 0. The number of hydrogen-bond donors (Lipinski definition) is 1. The number of aryl methyl sites for hydroxylation is 2. The normalized spacial score (nSPS) is 17.2. The maximum atomic E-state index is 3.72. The van der Waals surface area contributed by atoms with Crippen LogP contribution in [0.4, 0.5) is 0 Å². The Bertz CT molecular complexity index is 863. The first-order valence-electron chi connectivity index (χ1n) is 8.52. The molecule has 0 radical (unpaired) electrons. The molecular formula is C22H23N. The molecule has 116 valence electrons. The Kier molecular flexibility index (Phi) is 3.66. The highest BCUT2D eigenvalue weighted by atomic mass is 14.9. The monoisotopic (exact) mass is 301 g/mol. The molecule has 1 nitrogen and oxygen atoms in total. The van der Waals surface area contributed by atoms with E-state index in [0.29, 0.717) is 6.04 Å². The Balaban J connectivity index is 1.68. The van der Waals surface area contributed by atoms with Gasteiger partial charge in [-0.25, -0.2) is 0 Å². The lowest BCUT2D eigenvalue weighted by Gasteiger charge is -2.28. The molecule has 3 aromatic carbocycles. The molecule has 1 aliphatic heterocycles. The fourth-order valence-electron chi connectivity index (χ4n) is 3.71. The number of fused-ring (bicyclic) bond motifs is 2. The maximum absolute atomic E-state index is 3.72. The zero-order chi connectivity index (χ0) is 15.8. The Morgan fingerprint density at radius 2 is 1.70 bits per heavy atom. The molecule has 1 aliphatic rings. The summed E-state index contributed by atoms with van der Waals surface area (Å²) < 4.78 is 0. The van der Waals surface area contributed by atoms with Gasteiger partial charge < -0.3 is 5.32 Å². The van der Waals surface area contributed by atoms with Crippen molar-refractivity contribution in [2.75, 3.05) is 6.54 Å². The van der Waals surface area contributed by atoms with Gasteiger partial charge in [0.1, 0.15) is 0 Å². The minimum absolute atomic E-state index is 0.430. The van der Waals surface area contributed by atoms with Crippen molar-refractivity contribution in [3.8, 4) is 0 Å². The topological polar surface area (TPSA) is 12.0 Å². The summed E-state index contributed by atoms with van der Waals surface area (Å²) in [5, 5.41) is 6.37. The van der Waals surface area contributed by atoms with Crippen molar-refractivity contribution in [1.29, 1.82) is 0 Å². The lowest BCUT2D eigenvalue weighted by Crippen LogP contribution is -2.31. The van der Waals surface area contributed by atoms with Crippen molar-refractivity contribution in [3.05, 3.63) is 82.4 Å². The van der Waals surface area contributed by atoms with Gasteiger partial charge in [0.25, 0.3) is 0 Å². The lowest BCUT2D eigenvalue weighted by molar-refractivity contribution is 0.502. The highest BCUT2D eigenvalue weighted by molar-refractivity contribution is 5.83. The van der Waals surface area contributed by atoms with Gasteiger partial charge in [-0.2, -0.15) is 0 Å². The first kappa shape index (κ1) is 14.5. The fourth-order valence-corrected chi connectivity index (χ4v) is 3.71. The first-order chi connectivity index (χ1) is 11.2. The van der Waals surface area contributed by atoms with Crippen LogP contribution in [0.1, 0.15) is 33.9 Å². The van der Waals surface area contributed by atoms with Gasteiger partial charge in [0.15, 0.2) is 0 Å². The zero-order valence-electron chi connectivity index (χ0n) is 13.9.